The van der Waals surface area contributed by atoms with E-state index in [2.05, 4.69) is 21.9 Å². The van der Waals surface area contributed by atoms with Crippen molar-refractivity contribution >= 4 is 30.5 Å². The van der Waals surface area contributed by atoms with E-state index in [4.69, 9.17) is 20.9 Å². The molecule has 0 saturated carbocycles. The summed E-state index contributed by atoms with van der Waals surface area (Å²) in [7, 11) is -2.44. The molecule has 4 rings (SSSR count). The minimum Gasteiger partial charge on any atom is -0.388 e. The zero-order chi connectivity index (χ0) is 21.8. The molecule has 5 unspecified atom stereocenters. The number of hydrogen-bond donors (Lipinski definition) is 3. The molecule has 2 fully saturated rings. The van der Waals surface area contributed by atoms with E-state index in [9.17, 15) is 15.1 Å². The number of aliphatic hydroxyl groups excluding tert-OH is 2. The summed E-state index contributed by atoms with van der Waals surface area (Å²) in [6, 6.07) is 0. The van der Waals surface area contributed by atoms with Crippen molar-refractivity contribution < 1.29 is 24.4 Å². The van der Waals surface area contributed by atoms with Gasteiger partial charge in [0, 0.05) is 6.42 Å². The van der Waals surface area contributed by atoms with Crippen LogP contribution in [0.5, 0.6) is 0 Å². The maximum atomic E-state index is 11.0. The van der Waals surface area contributed by atoms with Crippen molar-refractivity contribution in [1.29, 1.82) is 0 Å². The Morgan fingerprint density at radius 1 is 1.27 bits per heavy atom. The molecule has 2 aromatic rings. The largest absolute Gasteiger partial charge is 0.388 e. The third kappa shape index (κ3) is 3.54. The fourth-order valence-electron chi connectivity index (χ4n) is 4.44. The highest BCUT2D eigenvalue weighted by Crippen LogP contribution is 2.84. The fraction of sp³-hybridized carbons (Fsp3) is 0.737. The summed E-state index contributed by atoms with van der Waals surface area (Å²) >= 11 is 6.06. The van der Waals surface area contributed by atoms with Crippen molar-refractivity contribution in [3.8, 4) is 0 Å². The highest BCUT2D eigenvalue weighted by molar-refractivity contribution is 7.74. The number of aliphatic hydroxyl groups is 2. The molecule has 0 aromatic carbocycles. The molecule has 2 aromatic heterocycles. The molecule has 30 heavy (non-hydrogen) atoms. The Hall–Kier alpha value is -0.930. The van der Waals surface area contributed by atoms with E-state index in [0.717, 1.165) is 6.42 Å². The van der Waals surface area contributed by atoms with E-state index in [0.29, 0.717) is 24.0 Å². The zero-order valence-electron chi connectivity index (χ0n) is 17.5. The summed E-state index contributed by atoms with van der Waals surface area (Å²) in [6.45, 7) is 7.99. The molecule has 2 aliphatic heterocycles. The van der Waals surface area contributed by atoms with Crippen LogP contribution in [0.3, 0.4) is 0 Å². The van der Waals surface area contributed by atoms with Crippen LogP contribution in [0.15, 0.2) is 12.7 Å². The third-order valence-corrected chi connectivity index (χ3v) is 10.6. The van der Waals surface area contributed by atoms with Gasteiger partial charge in [0.05, 0.1) is 12.4 Å². The van der Waals surface area contributed by atoms with Crippen LogP contribution in [0.4, 0.5) is 0 Å². The van der Waals surface area contributed by atoms with Crippen LogP contribution < -0.4 is 0 Å². The second kappa shape index (κ2) is 7.89. The van der Waals surface area contributed by atoms with Gasteiger partial charge in [0.2, 0.25) is 0 Å². The van der Waals surface area contributed by atoms with Crippen LogP contribution >= 0.6 is 19.3 Å². The van der Waals surface area contributed by atoms with Gasteiger partial charge in [-0.3, -0.25) is 4.57 Å². The normalized spacial score (nSPS) is 38.1. The van der Waals surface area contributed by atoms with E-state index in [-0.39, 0.29) is 16.5 Å². The SMILES string of the molecule is CCC1C(C)[P+]1(O)OC(C)(CC)C[C@H]1OC(n2cnc3c(Cl)ncnc32)[C@H](O)[C@@H]1O. The monoisotopic (exact) mass is 459 g/mol. The molecule has 11 heteroatoms. The minimum absolute atomic E-state index is 0.169. The Bertz CT molecular complexity index is 933. The van der Waals surface area contributed by atoms with Crippen molar-refractivity contribution in [2.45, 2.75) is 88.4 Å². The van der Waals surface area contributed by atoms with Crippen LogP contribution in [0.1, 0.15) is 53.2 Å². The average molecular weight is 460 g/mol. The van der Waals surface area contributed by atoms with Gasteiger partial charge >= 0.3 is 0 Å². The van der Waals surface area contributed by atoms with Gasteiger partial charge < -0.3 is 14.9 Å². The van der Waals surface area contributed by atoms with Gasteiger partial charge in [-0.15, -0.1) is 0 Å². The molecule has 2 saturated heterocycles. The Morgan fingerprint density at radius 3 is 2.63 bits per heavy atom. The number of nitrogens with zero attached hydrogens (tertiary/aromatic N) is 4. The Labute approximate surface area is 180 Å². The summed E-state index contributed by atoms with van der Waals surface area (Å²) in [5.74, 6) is 0. The molecule has 4 heterocycles. The predicted octanol–water partition coefficient (Wildman–Crippen LogP) is 2.69. The first-order valence-electron chi connectivity index (χ1n) is 10.3. The summed E-state index contributed by atoms with van der Waals surface area (Å²) in [5.41, 5.74) is 0.513. The van der Waals surface area contributed by atoms with Crippen LogP contribution in [-0.2, 0) is 9.26 Å². The van der Waals surface area contributed by atoms with Crippen molar-refractivity contribution in [2.24, 2.45) is 0 Å². The maximum absolute atomic E-state index is 11.0. The minimum atomic E-state index is -2.44. The lowest BCUT2D eigenvalue weighted by Crippen LogP contribution is -2.38. The maximum Gasteiger partial charge on any atom is 0.285 e. The first kappa shape index (κ1) is 22.3. The molecule has 0 bridgehead atoms. The summed E-state index contributed by atoms with van der Waals surface area (Å²) < 4.78 is 13.9. The van der Waals surface area contributed by atoms with Crippen molar-refractivity contribution in [3.05, 3.63) is 17.8 Å². The molecule has 0 aliphatic carbocycles. The zero-order valence-corrected chi connectivity index (χ0v) is 19.2. The van der Waals surface area contributed by atoms with Crippen LogP contribution in [0.2, 0.25) is 5.15 Å². The summed E-state index contributed by atoms with van der Waals surface area (Å²) in [5, 5.41) is 21.6. The second-order valence-corrected chi connectivity index (χ2v) is 11.9. The van der Waals surface area contributed by atoms with Crippen molar-refractivity contribution in [2.75, 3.05) is 0 Å². The van der Waals surface area contributed by atoms with Crippen LogP contribution in [-0.4, -0.2) is 69.9 Å². The first-order chi connectivity index (χ1) is 14.1. The highest BCUT2D eigenvalue weighted by Gasteiger charge is 2.75. The van der Waals surface area contributed by atoms with Crippen molar-refractivity contribution in [3.63, 3.8) is 0 Å². The Morgan fingerprint density at radius 2 is 2.00 bits per heavy atom. The van der Waals surface area contributed by atoms with E-state index < -0.39 is 37.9 Å². The summed E-state index contributed by atoms with van der Waals surface area (Å²) in [6.07, 6.45) is 0.798. The number of halogens is 1. The second-order valence-electron chi connectivity index (χ2n) is 8.52. The van der Waals surface area contributed by atoms with E-state index in [1.54, 1.807) is 4.57 Å². The molecule has 0 spiro atoms. The topological polar surface area (TPSA) is 123 Å². The third-order valence-electron chi connectivity index (χ3n) is 6.62. The molecule has 3 N–H and O–H groups in total. The molecule has 8 atom stereocenters. The standard InChI is InChI=1S/C19H29ClN4O5P/c1-5-12-10(3)30(12,27)29-19(4,6-2)7-11-14(25)15(26)18(28-11)24-9-23-13-16(20)21-8-22-17(13)24/h8-12,14-15,18,25-27H,5-7H2,1-4H3/q+1/t10?,11-,12?,14-,15-,18?,19?,30?/m1/s1. The lowest BCUT2D eigenvalue weighted by Gasteiger charge is -2.30. The van der Waals surface area contributed by atoms with Gasteiger partial charge in [-0.25, -0.2) is 19.8 Å². The molecule has 0 radical (unpaired) electrons. The van der Waals surface area contributed by atoms with Crippen LogP contribution in [0, 0.1) is 0 Å². The highest BCUT2D eigenvalue weighted by atomic mass is 35.5. The van der Waals surface area contributed by atoms with Gasteiger partial charge in [0.1, 0.15) is 29.7 Å². The quantitative estimate of drug-likeness (QED) is 0.426. The molecule has 166 valence electrons. The molecular weight excluding hydrogens is 431 g/mol. The number of ether oxygens (including phenoxy) is 1. The smallest absolute Gasteiger partial charge is 0.285 e. The van der Waals surface area contributed by atoms with Crippen molar-refractivity contribution in [1.82, 2.24) is 19.5 Å². The van der Waals surface area contributed by atoms with E-state index >= 15 is 0 Å². The number of rotatable bonds is 7. The number of hydrogen-bond acceptors (Lipinski definition) is 8. The van der Waals surface area contributed by atoms with Gasteiger partial charge in [-0.2, -0.15) is 4.52 Å². The Balaban J connectivity index is 1.53. The molecule has 9 nitrogen and oxygen atoms in total. The van der Waals surface area contributed by atoms with E-state index in [1.165, 1.54) is 12.7 Å². The van der Waals surface area contributed by atoms with Gasteiger partial charge in [-0.05, 0) is 26.7 Å². The average Bonchev–Trinajstić information content (AvgIpc) is 3.01. The molecule has 0 amide bonds. The number of fused-ring (bicyclic) bond motifs is 1. The summed E-state index contributed by atoms with van der Waals surface area (Å²) in [4.78, 5) is 23.2. The predicted molar refractivity (Wildman–Crippen MR) is 113 cm³/mol. The lowest BCUT2D eigenvalue weighted by molar-refractivity contribution is -0.0634. The van der Waals surface area contributed by atoms with Gasteiger partial charge in [0.25, 0.3) is 7.72 Å². The van der Waals surface area contributed by atoms with E-state index in [1.807, 2.05) is 20.8 Å². The first-order valence-corrected chi connectivity index (χ1v) is 12.5. The van der Waals surface area contributed by atoms with Gasteiger partial charge in [0.15, 0.2) is 28.3 Å². The fourth-order valence-corrected chi connectivity index (χ4v) is 7.96. The number of imidazole rings is 1. The van der Waals surface area contributed by atoms with Crippen LogP contribution in [0.25, 0.3) is 11.2 Å². The number of aromatic nitrogens is 4. The molecule has 2 aliphatic rings. The lowest BCUT2D eigenvalue weighted by atomic mass is 9.93. The van der Waals surface area contributed by atoms with Gasteiger partial charge in [-0.1, -0.05) is 25.4 Å². The molecular formula is C19H29ClN4O5P+. The Kier molecular flexibility index (Phi) is 5.85.